The molecule has 2 aromatic rings. The van der Waals surface area contributed by atoms with E-state index in [1.54, 1.807) is 17.9 Å². The Morgan fingerprint density at radius 1 is 1.45 bits per heavy atom. The molecule has 0 radical (unpaired) electrons. The average Bonchev–Trinajstić information content (AvgIpc) is 2.91. The number of hydrogen-bond acceptors (Lipinski definition) is 4. The first-order valence-corrected chi connectivity index (χ1v) is 6.38. The maximum Gasteiger partial charge on any atom is 0.254 e. The zero-order valence-electron chi connectivity index (χ0n) is 11.1. The molecule has 1 atom stereocenters. The standard InChI is InChI=1S/C14H15N3O3/c1-17-8-10(6-16-17)14(18)15-7-11-9-19-12-4-2-3-5-13(12)20-11/h2-6,8,11H,7,9H2,1H3,(H,15,18)/t11-/m1/s1. The van der Waals surface area contributed by atoms with Crippen LogP contribution in [0.15, 0.2) is 36.7 Å². The van der Waals surface area contributed by atoms with Gasteiger partial charge in [-0.1, -0.05) is 12.1 Å². The van der Waals surface area contributed by atoms with Gasteiger partial charge < -0.3 is 14.8 Å². The predicted molar refractivity (Wildman–Crippen MR) is 71.9 cm³/mol. The molecule has 0 unspecified atom stereocenters. The lowest BCUT2D eigenvalue weighted by molar-refractivity contribution is 0.0789. The number of nitrogens with one attached hydrogen (secondary N) is 1. The molecule has 0 bridgehead atoms. The molecule has 1 aliphatic rings. The van der Waals surface area contributed by atoms with Crippen LogP contribution in [-0.2, 0) is 7.05 Å². The zero-order valence-corrected chi connectivity index (χ0v) is 11.1. The molecule has 2 heterocycles. The predicted octanol–water partition coefficient (Wildman–Crippen LogP) is 0.990. The maximum absolute atomic E-state index is 11.9. The lowest BCUT2D eigenvalue weighted by Gasteiger charge is -2.26. The molecule has 1 N–H and O–H groups in total. The Bertz CT molecular complexity index is 624. The fourth-order valence-electron chi connectivity index (χ4n) is 2.01. The number of hydrogen-bond donors (Lipinski definition) is 1. The molecule has 0 saturated carbocycles. The first-order valence-electron chi connectivity index (χ1n) is 6.38. The van der Waals surface area contributed by atoms with Crippen LogP contribution in [0.2, 0.25) is 0 Å². The van der Waals surface area contributed by atoms with Gasteiger partial charge in [-0.05, 0) is 12.1 Å². The summed E-state index contributed by atoms with van der Waals surface area (Å²) in [5, 5.41) is 6.78. The normalized spacial score (nSPS) is 16.8. The molecular weight excluding hydrogens is 258 g/mol. The number of rotatable bonds is 3. The molecular formula is C14H15N3O3. The smallest absolute Gasteiger partial charge is 0.254 e. The number of amides is 1. The Morgan fingerprint density at radius 2 is 2.25 bits per heavy atom. The highest BCUT2D eigenvalue weighted by molar-refractivity contribution is 5.93. The summed E-state index contributed by atoms with van der Waals surface area (Å²) in [5.41, 5.74) is 0.532. The highest BCUT2D eigenvalue weighted by Gasteiger charge is 2.21. The van der Waals surface area contributed by atoms with Crippen molar-refractivity contribution in [3.8, 4) is 11.5 Å². The number of ether oxygens (including phenoxy) is 2. The van der Waals surface area contributed by atoms with Crippen LogP contribution < -0.4 is 14.8 Å². The van der Waals surface area contributed by atoms with Crippen molar-refractivity contribution in [3.63, 3.8) is 0 Å². The van der Waals surface area contributed by atoms with Gasteiger partial charge in [-0.15, -0.1) is 0 Å². The van der Waals surface area contributed by atoms with Gasteiger partial charge in [-0.3, -0.25) is 9.48 Å². The molecule has 0 saturated heterocycles. The van der Waals surface area contributed by atoms with Crippen molar-refractivity contribution < 1.29 is 14.3 Å². The van der Waals surface area contributed by atoms with Crippen molar-refractivity contribution >= 4 is 5.91 Å². The summed E-state index contributed by atoms with van der Waals surface area (Å²) >= 11 is 0. The molecule has 1 aromatic heterocycles. The number of aromatic nitrogens is 2. The number of fused-ring (bicyclic) bond motifs is 1. The quantitative estimate of drug-likeness (QED) is 0.905. The van der Waals surface area contributed by atoms with Gasteiger partial charge in [-0.25, -0.2) is 0 Å². The van der Waals surface area contributed by atoms with Crippen LogP contribution in [0.3, 0.4) is 0 Å². The molecule has 1 aliphatic heterocycles. The van der Waals surface area contributed by atoms with E-state index >= 15 is 0 Å². The number of para-hydroxylation sites is 2. The van der Waals surface area contributed by atoms with Crippen LogP contribution in [0.5, 0.6) is 11.5 Å². The van der Waals surface area contributed by atoms with Gasteiger partial charge in [-0.2, -0.15) is 5.10 Å². The fraction of sp³-hybridized carbons (Fsp3) is 0.286. The molecule has 0 fully saturated rings. The second-order valence-corrected chi connectivity index (χ2v) is 4.61. The van der Waals surface area contributed by atoms with Gasteiger partial charge in [0.25, 0.3) is 5.91 Å². The van der Waals surface area contributed by atoms with Crippen molar-refractivity contribution in [1.82, 2.24) is 15.1 Å². The first-order chi connectivity index (χ1) is 9.72. The summed E-state index contributed by atoms with van der Waals surface area (Å²) in [6.07, 6.45) is 3.01. The van der Waals surface area contributed by atoms with Crippen LogP contribution in [0.1, 0.15) is 10.4 Å². The molecule has 0 spiro atoms. The molecule has 3 rings (SSSR count). The summed E-state index contributed by atoms with van der Waals surface area (Å²) in [5.74, 6) is 1.28. The van der Waals surface area contributed by atoms with Crippen LogP contribution in [0.4, 0.5) is 0 Å². The van der Waals surface area contributed by atoms with Crippen molar-refractivity contribution in [2.45, 2.75) is 6.10 Å². The number of carbonyl (C=O) groups is 1. The second kappa shape index (κ2) is 5.24. The van der Waals surface area contributed by atoms with E-state index in [-0.39, 0.29) is 12.0 Å². The van der Waals surface area contributed by atoms with E-state index in [1.807, 2.05) is 24.3 Å². The van der Waals surface area contributed by atoms with Gasteiger partial charge in [0.2, 0.25) is 0 Å². The van der Waals surface area contributed by atoms with Crippen molar-refractivity contribution in [1.29, 1.82) is 0 Å². The van der Waals surface area contributed by atoms with Gasteiger partial charge in [0.05, 0.1) is 18.3 Å². The minimum Gasteiger partial charge on any atom is -0.486 e. The topological polar surface area (TPSA) is 65.4 Å². The maximum atomic E-state index is 11.9. The van der Waals surface area contributed by atoms with Crippen LogP contribution in [0, 0.1) is 0 Å². The van der Waals surface area contributed by atoms with E-state index in [0.29, 0.717) is 24.5 Å². The Labute approximate surface area is 116 Å². The Kier molecular flexibility index (Phi) is 3.28. The third kappa shape index (κ3) is 2.59. The summed E-state index contributed by atoms with van der Waals surface area (Å²) < 4.78 is 12.9. The molecule has 6 nitrogen and oxygen atoms in total. The number of nitrogens with zero attached hydrogens (tertiary/aromatic N) is 2. The largest absolute Gasteiger partial charge is 0.486 e. The van der Waals surface area contributed by atoms with Crippen LogP contribution in [0.25, 0.3) is 0 Å². The summed E-state index contributed by atoms with van der Waals surface area (Å²) in [4.78, 5) is 11.9. The van der Waals surface area contributed by atoms with E-state index in [1.165, 1.54) is 6.20 Å². The van der Waals surface area contributed by atoms with Gasteiger partial charge >= 0.3 is 0 Å². The van der Waals surface area contributed by atoms with E-state index in [0.717, 1.165) is 5.75 Å². The Morgan fingerprint density at radius 3 is 3.00 bits per heavy atom. The molecule has 20 heavy (non-hydrogen) atoms. The summed E-state index contributed by atoms with van der Waals surface area (Å²) in [6, 6.07) is 7.50. The number of benzene rings is 1. The lowest BCUT2D eigenvalue weighted by atomic mass is 10.2. The average molecular weight is 273 g/mol. The van der Waals surface area contributed by atoms with E-state index < -0.39 is 0 Å². The van der Waals surface area contributed by atoms with E-state index in [2.05, 4.69) is 10.4 Å². The molecule has 0 aliphatic carbocycles. The molecule has 1 amide bonds. The van der Waals surface area contributed by atoms with Crippen molar-refractivity contribution in [2.75, 3.05) is 13.2 Å². The summed E-state index contributed by atoms with van der Waals surface area (Å²) in [7, 11) is 1.77. The van der Waals surface area contributed by atoms with Crippen molar-refractivity contribution in [3.05, 3.63) is 42.2 Å². The first kappa shape index (κ1) is 12.5. The molecule has 104 valence electrons. The third-order valence-electron chi connectivity index (χ3n) is 3.02. The van der Waals surface area contributed by atoms with Crippen LogP contribution in [-0.4, -0.2) is 34.9 Å². The highest BCUT2D eigenvalue weighted by Crippen LogP contribution is 2.30. The zero-order chi connectivity index (χ0) is 13.9. The van der Waals surface area contributed by atoms with Gasteiger partial charge in [0, 0.05) is 13.2 Å². The third-order valence-corrected chi connectivity index (χ3v) is 3.02. The summed E-state index contributed by atoms with van der Waals surface area (Å²) in [6.45, 7) is 0.812. The van der Waals surface area contributed by atoms with Crippen LogP contribution >= 0.6 is 0 Å². The Balaban J connectivity index is 1.56. The minimum atomic E-state index is -0.189. The van der Waals surface area contributed by atoms with Crippen molar-refractivity contribution in [2.24, 2.45) is 7.05 Å². The molecule has 6 heteroatoms. The van der Waals surface area contributed by atoms with E-state index in [4.69, 9.17) is 9.47 Å². The second-order valence-electron chi connectivity index (χ2n) is 4.61. The number of carbonyl (C=O) groups excluding carboxylic acids is 1. The monoisotopic (exact) mass is 273 g/mol. The highest BCUT2D eigenvalue weighted by atomic mass is 16.6. The van der Waals surface area contributed by atoms with E-state index in [9.17, 15) is 4.79 Å². The fourth-order valence-corrected chi connectivity index (χ4v) is 2.01. The SMILES string of the molecule is Cn1cc(C(=O)NC[C@@H]2COc3ccccc3O2)cn1. The number of aryl methyl sites for hydroxylation is 1. The molecule has 1 aromatic carbocycles. The van der Waals surface area contributed by atoms with Gasteiger partial charge in [0.1, 0.15) is 12.7 Å². The lowest BCUT2D eigenvalue weighted by Crippen LogP contribution is -2.40. The Hall–Kier alpha value is -2.50. The van der Waals surface area contributed by atoms with Gasteiger partial charge in [0.15, 0.2) is 11.5 Å². The minimum absolute atomic E-state index is 0.166.